The second-order valence-corrected chi connectivity index (χ2v) is 8.54. The van der Waals surface area contributed by atoms with Crippen LogP contribution in [0.25, 0.3) is 0 Å². The van der Waals surface area contributed by atoms with Crippen molar-refractivity contribution in [3.8, 4) is 5.75 Å². The average molecular weight is 459 g/mol. The van der Waals surface area contributed by atoms with Crippen molar-refractivity contribution in [3.05, 3.63) is 47.5 Å². The van der Waals surface area contributed by atoms with E-state index in [2.05, 4.69) is 25.5 Å². The molecule has 2 heterocycles. The van der Waals surface area contributed by atoms with Crippen LogP contribution in [0.5, 0.6) is 5.75 Å². The molecule has 1 aromatic carbocycles. The zero-order chi connectivity index (χ0) is 22.2. The lowest BCUT2D eigenvalue weighted by molar-refractivity contribution is -0.113. The smallest absolute Gasteiger partial charge is 0.234 e. The van der Waals surface area contributed by atoms with Gasteiger partial charge in [-0.1, -0.05) is 23.5 Å². The van der Waals surface area contributed by atoms with Crippen LogP contribution < -0.4 is 10.1 Å². The largest absolute Gasteiger partial charge is 0.494 e. The van der Waals surface area contributed by atoms with Crippen molar-refractivity contribution >= 4 is 35.1 Å². The predicted molar refractivity (Wildman–Crippen MR) is 124 cm³/mol. The summed E-state index contributed by atoms with van der Waals surface area (Å²) in [6.07, 6.45) is 0. The molecular formula is C21H26N6O2S2. The Morgan fingerprint density at radius 1 is 1.06 bits per heavy atom. The molecule has 0 saturated heterocycles. The first-order valence-corrected chi connectivity index (χ1v) is 12.0. The molecule has 10 heteroatoms. The maximum atomic E-state index is 12.3. The monoisotopic (exact) mass is 458 g/mol. The number of thioether (sulfide) groups is 2. The molecule has 3 aromatic rings. The standard InChI is InChI=1S/C21H26N6O2S2/c1-5-27-18(12-30-20-22-14(3)11-15(4)23-20)25-26-21(27)31-13-19(28)24-16-7-9-17(10-8-16)29-6-2/h7-11H,5-6,12-13H2,1-4H3,(H,24,28). The number of nitrogens with zero attached hydrogens (tertiary/aromatic N) is 5. The Kier molecular flexibility index (Phi) is 8.30. The Morgan fingerprint density at radius 2 is 1.77 bits per heavy atom. The number of carbonyl (C=O) groups is 1. The molecule has 164 valence electrons. The molecule has 0 aliphatic carbocycles. The van der Waals surface area contributed by atoms with E-state index in [4.69, 9.17) is 4.74 Å². The number of rotatable bonds is 10. The number of amides is 1. The molecule has 0 bridgehead atoms. The number of anilines is 1. The van der Waals surface area contributed by atoms with Crippen LogP contribution in [0.2, 0.25) is 0 Å². The molecule has 1 N–H and O–H groups in total. The lowest BCUT2D eigenvalue weighted by atomic mass is 10.3. The molecule has 0 radical (unpaired) electrons. The second-order valence-electron chi connectivity index (χ2n) is 6.66. The SMILES string of the molecule is CCOc1ccc(NC(=O)CSc2nnc(CSc3nc(C)cc(C)n3)n2CC)cc1. The maximum absolute atomic E-state index is 12.3. The Morgan fingerprint density at radius 3 is 2.42 bits per heavy atom. The number of ether oxygens (including phenoxy) is 1. The van der Waals surface area contributed by atoms with Gasteiger partial charge in [0.1, 0.15) is 11.6 Å². The lowest BCUT2D eigenvalue weighted by Crippen LogP contribution is -2.14. The van der Waals surface area contributed by atoms with Crippen LogP contribution in [0.15, 0.2) is 40.6 Å². The molecular weight excluding hydrogens is 432 g/mol. The minimum atomic E-state index is -0.0978. The summed E-state index contributed by atoms with van der Waals surface area (Å²) in [5.74, 6) is 2.38. The van der Waals surface area contributed by atoms with Crippen LogP contribution in [-0.2, 0) is 17.1 Å². The van der Waals surface area contributed by atoms with Gasteiger partial charge < -0.3 is 14.6 Å². The number of nitrogens with one attached hydrogen (secondary N) is 1. The number of aromatic nitrogens is 5. The highest BCUT2D eigenvalue weighted by Crippen LogP contribution is 2.23. The van der Waals surface area contributed by atoms with E-state index in [1.165, 1.54) is 23.5 Å². The fraction of sp³-hybridized carbons (Fsp3) is 0.381. The van der Waals surface area contributed by atoms with Crippen molar-refractivity contribution in [3.63, 3.8) is 0 Å². The molecule has 0 fully saturated rings. The summed E-state index contributed by atoms with van der Waals surface area (Å²) in [7, 11) is 0. The van der Waals surface area contributed by atoms with Gasteiger partial charge in [-0.3, -0.25) is 4.79 Å². The van der Waals surface area contributed by atoms with E-state index in [0.29, 0.717) is 12.4 Å². The molecule has 31 heavy (non-hydrogen) atoms. The highest BCUT2D eigenvalue weighted by Gasteiger charge is 2.14. The number of hydrogen-bond donors (Lipinski definition) is 1. The van der Waals surface area contributed by atoms with E-state index in [1.807, 2.05) is 62.6 Å². The van der Waals surface area contributed by atoms with Crippen LogP contribution in [0, 0.1) is 13.8 Å². The van der Waals surface area contributed by atoms with E-state index in [0.717, 1.165) is 45.5 Å². The zero-order valence-electron chi connectivity index (χ0n) is 18.1. The maximum Gasteiger partial charge on any atom is 0.234 e. The average Bonchev–Trinajstić information content (AvgIpc) is 3.13. The minimum absolute atomic E-state index is 0.0978. The summed E-state index contributed by atoms with van der Waals surface area (Å²) in [6.45, 7) is 9.22. The van der Waals surface area contributed by atoms with Gasteiger partial charge >= 0.3 is 0 Å². The summed E-state index contributed by atoms with van der Waals surface area (Å²) < 4.78 is 7.43. The quantitative estimate of drug-likeness (QED) is 0.358. The third kappa shape index (κ3) is 6.70. The van der Waals surface area contributed by atoms with Gasteiger partial charge in [0.05, 0.1) is 18.1 Å². The van der Waals surface area contributed by atoms with E-state index < -0.39 is 0 Å². The van der Waals surface area contributed by atoms with Gasteiger partial charge in [-0.15, -0.1) is 10.2 Å². The van der Waals surface area contributed by atoms with Gasteiger partial charge in [0.15, 0.2) is 10.3 Å². The van der Waals surface area contributed by atoms with E-state index in [-0.39, 0.29) is 11.7 Å². The number of carbonyl (C=O) groups excluding carboxylic acids is 1. The first kappa shape index (κ1) is 23.1. The number of benzene rings is 1. The second kappa shape index (κ2) is 11.1. The summed E-state index contributed by atoms with van der Waals surface area (Å²) in [5, 5.41) is 12.9. The summed E-state index contributed by atoms with van der Waals surface area (Å²) in [6, 6.07) is 9.28. The molecule has 1 amide bonds. The van der Waals surface area contributed by atoms with Gasteiger partial charge in [0, 0.05) is 23.6 Å². The Balaban J connectivity index is 1.55. The van der Waals surface area contributed by atoms with Crippen LogP contribution >= 0.6 is 23.5 Å². The zero-order valence-corrected chi connectivity index (χ0v) is 19.7. The molecule has 0 unspecified atom stereocenters. The number of aryl methyl sites for hydroxylation is 2. The van der Waals surface area contributed by atoms with Crippen LogP contribution in [-0.4, -0.2) is 43.0 Å². The van der Waals surface area contributed by atoms with Crippen molar-refractivity contribution in [1.29, 1.82) is 0 Å². The van der Waals surface area contributed by atoms with Crippen molar-refractivity contribution < 1.29 is 9.53 Å². The predicted octanol–water partition coefficient (Wildman–Crippen LogP) is 4.13. The first-order chi connectivity index (χ1) is 15.0. The molecule has 0 aliphatic rings. The van der Waals surface area contributed by atoms with Crippen LogP contribution in [0.3, 0.4) is 0 Å². The van der Waals surface area contributed by atoms with Gasteiger partial charge in [-0.05, 0) is 58.0 Å². The van der Waals surface area contributed by atoms with Crippen LogP contribution in [0.4, 0.5) is 5.69 Å². The molecule has 0 aliphatic heterocycles. The molecule has 0 spiro atoms. The van der Waals surface area contributed by atoms with E-state index >= 15 is 0 Å². The van der Waals surface area contributed by atoms with E-state index in [1.54, 1.807) is 0 Å². The van der Waals surface area contributed by atoms with Crippen molar-refractivity contribution in [2.24, 2.45) is 0 Å². The lowest BCUT2D eigenvalue weighted by Gasteiger charge is -2.08. The Labute approximate surface area is 190 Å². The van der Waals surface area contributed by atoms with Crippen molar-refractivity contribution in [2.45, 2.75) is 50.3 Å². The third-order valence-electron chi connectivity index (χ3n) is 4.18. The molecule has 8 nitrogen and oxygen atoms in total. The van der Waals surface area contributed by atoms with Crippen molar-refractivity contribution in [1.82, 2.24) is 24.7 Å². The summed E-state index contributed by atoms with van der Waals surface area (Å²) in [5.41, 5.74) is 2.63. The first-order valence-electron chi connectivity index (χ1n) is 10.0. The van der Waals surface area contributed by atoms with Gasteiger partial charge in [0.2, 0.25) is 5.91 Å². The molecule has 3 rings (SSSR count). The summed E-state index contributed by atoms with van der Waals surface area (Å²) in [4.78, 5) is 21.2. The van der Waals surface area contributed by atoms with Crippen LogP contribution in [0.1, 0.15) is 31.1 Å². The van der Waals surface area contributed by atoms with Gasteiger partial charge in [0.25, 0.3) is 0 Å². The van der Waals surface area contributed by atoms with E-state index in [9.17, 15) is 4.79 Å². The minimum Gasteiger partial charge on any atom is -0.494 e. The Hall–Kier alpha value is -2.59. The highest BCUT2D eigenvalue weighted by atomic mass is 32.2. The fourth-order valence-electron chi connectivity index (χ4n) is 2.87. The Bertz CT molecular complexity index is 1000. The molecule has 0 saturated carbocycles. The topological polar surface area (TPSA) is 94.8 Å². The van der Waals surface area contributed by atoms with Gasteiger partial charge in [-0.2, -0.15) is 0 Å². The fourth-order valence-corrected chi connectivity index (χ4v) is 4.58. The van der Waals surface area contributed by atoms with Crippen molar-refractivity contribution in [2.75, 3.05) is 17.7 Å². The number of hydrogen-bond acceptors (Lipinski definition) is 8. The molecule has 0 atom stereocenters. The third-order valence-corrected chi connectivity index (χ3v) is 5.99. The van der Waals surface area contributed by atoms with Gasteiger partial charge in [-0.25, -0.2) is 9.97 Å². The molecule has 2 aromatic heterocycles. The normalized spacial score (nSPS) is 10.8. The highest BCUT2D eigenvalue weighted by molar-refractivity contribution is 7.99. The summed E-state index contributed by atoms with van der Waals surface area (Å²) >= 11 is 2.90.